The third-order valence-corrected chi connectivity index (χ3v) is 4.00. The molecule has 0 aliphatic carbocycles. The quantitative estimate of drug-likeness (QED) is 0.796. The van der Waals surface area contributed by atoms with Gasteiger partial charge in [0.05, 0.1) is 7.11 Å². The van der Waals surface area contributed by atoms with E-state index in [0.717, 1.165) is 0 Å². The van der Waals surface area contributed by atoms with Gasteiger partial charge in [-0.1, -0.05) is 6.07 Å². The number of aryl methyl sites for hydroxylation is 1. The van der Waals surface area contributed by atoms with Crippen LogP contribution in [0.5, 0.6) is 5.88 Å². The molecule has 0 aromatic carbocycles. The Hall–Kier alpha value is -2.13. The first-order valence-corrected chi connectivity index (χ1v) is 7.18. The second-order valence-corrected chi connectivity index (χ2v) is 5.82. The second-order valence-electron chi connectivity index (χ2n) is 4.09. The maximum absolute atomic E-state index is 12.1. The van der Waals surface area contributed by atoms with E-state index in [-0.39, 0.29) is 17.3 Å². The van der Waals surface area contributed by atoms with Crippen LogP contribution in [0.15, 0.2) is 29.4 Å². The van der Waals surface area contributed by atoms with Gasteiger partial charge in [-0.05, 0) is 5.56 Å². The summed E-state index contributed by atoms with van der Waals surface area (Å²) in [5.41, 5.74) is 6.26. The summed E-state index contributed by atoms with van der Waals surface area (Å²) in [6, 6.07) is 3.38. The molecule has 0 radical (unpaired) electrons. The Morgan fingerprint density at radius 1 is 1.45 bits per heavy atom. The first-order chi connectivity index (χ1) is 9.42. The number of aromatic nitrogens is 3. The van der Waals surface area contributed by atoms with Crippen molar-refractivity contribution in [2.24, 2.45) is 7.05 Å². The first-order valence-electron chi connectivity index (χ1n) is 5.70. The molecule has 0 atom stereocenters. The molecule has 0 fully saturated rings. The van der Waals surface area contributed by atoms with E-state index in [1.165, 1.54) is 24.2 Å². The van der Waals surface area contributed by atoms with E-state index < -0.39 is 10.0 Å². The van der Waals surface area contributed by atoms with E-state index in [2.05, 4.69) is 14.8 Å². The van der Waals surface area contributed by atoms with E-state index in [1.54, 1.807) is 19.2 Å². The summed E-state index contributed by atoms with van der Waals surface area (Å²) in [5, 5.41) is 3.80. The van der Waals surface area contributed by atoms with Gasteiger partial charge in [-0.25, -0.2) is 18.1 Å². The van der Waals surface area contributed by atoms with Gasteiger partial charge in [0.15, 0.2) is 5.82 Å². The van der Waals surface area contributed by atoms with Crippen molar-refractivity contribution in [1.82, 2.24) is 19.5 Å². The van der Waals surface area contributed by atoms with Crippen LogP contribution in [0.25, 0.3) is 0 Å². The molecule has 0 bridgehead atoms. The number of anilines is 1. The lowest BCUT2D eigenvalue weighted by atomic mass is 10.3. The number of rotatable bonds is 5. The van der Waals surface area contributed by atoms with Gasteiger partial charge < -0.3 is 10.5 Å². The van der Waals surface area contributed by atoms with E-state index >= 15 is 0 Å². The van der Waals surface area contributed by atoms with Crippen LogP contribution in [-0.2, 0) is 23.6 Å². The highest BCUT2D eigenvalue weighted by Gasteiger charge is 2.20. The normalized spacial score (nSPS) is 11.5. The zero-order valence-electron chi connectivity index (χ0n) is 11.1. The van der Waals surface area contributed by atoms with Crippen LogP contribution in [0.2, 0.25) is 0 Å². The Labute approximate surface area is 116 Å². The van der Waals surface area contributed by atoms with Gasteiger partial charge in [-0.2, -0.15) is 5.10 Å². The SMILES string of the molecule is COc1ccc(CNS(=O)(=O)c2cn(C)nc2N)cn1. The number of hydrogen-bond donors (Lipinski definition) is 2. The highest BCUT2D eigenvalue weighted by atomic mass is 32.2. The molecule has 2 aromatic heterocycles. The monoisotopic (exact) mass is 297 g/mol. The molecule has 108 valence electrons. The van der Waals surface area contributed by atoms with Crippen LogP contribution in [0.3, 0.4) is 0 Å². The van der Waals surface area contributed by atoms with E-state index in [0.29, 0.717) is 11.4 Å². The molecule has 20 heavy (non-hydrogen) atoms. The van der Waals surface area contributed by atoms with Crippen LogP contribution < -0.4 is 15.2 Å². The largest absolute Gasteiger partial charge is 0.481 e. The number of nitrogen functional groups attached to an aromatic ring is 1. The summed E-state index contributed by atoms with van der Waals surface area (Å²) < 4.78 is 32.9. The second kappa shape index (κ2) is 5.47. The smallest absolute Gasteiger partial charge is 0.246 e. The minimum absolute atomic E-state index is 0.0344. The van der Waals surface area contributed by atoms with Crippen LogP contribution in [0.4, 0.5) is 5.82 Å². The molecule has 2 aromatic rings. The summed E-state index contributed by atoms with van der Waals surface area (Å²) in [4.78, 5) is 3.95. The number of hydrogen-bond acceptors (Lipinski definition) is 6. The molecule has 8 nitrogen and oxygen atoms in total. The van der Waals surface area contributed by atoms with Crippen LogP contribution in [0, 0.1) is 0 Å². The van der Waals surface area contributed by atoms with Gasteiger partial charge in [-0.3, -0.25) is 4.68 Å². The lowest BCUT2D eigenvalue weighted by molar-refractivity contribution is 0.397. The number of ether oxygens (including phenoxy) is 1. The molecule has 0 aliphatic rings. The zero-order valence-corrected chi connectivity index (χ0v) is 11.9. The average molecular weight is 297 g/mol. The predicted molar refractivity (Wildman–Crippen MR) is 72.4 cm³/mol. The topological polar surface area (TPSA) is 112 Å². The van der Waals surface area contributed by atoms with Gasteiger partial charge in [0.2, 0.25) is 15.9 Å². The summed E-state index contributed by atoms with van der Waals surface area (Å²) >= 11 is 0. The van der Waals surface area contributed by atoms with Crippen molar-refractivity contribution in [1.29, 1.82) is 0 Å². The van der Waals surface area contributed by atoms with Crippen molar-refractivity contribution < 1.29 is 13.2 Å². The maximum atomic E-state index is 12.1. The number of nitrogens with zero attached hydrogens (tertiary/aromatic N) is 3. The number of pyridine rings is 1. The Bertz CT molecular complexity index is 693. The third kappa shape index (κ3) is 3.06. The standard InChI is InChI=1S/C11H15N5O3S/c1-16-7-9(11(12)15-16)20(17,18)14-6-8-3-4-10(19-2)13-5-8/h3-5,7,14H,6H2,1-2H3,(H2,12,15). The van der Waals surface area contributed by atoms with Crippen molar-refractivity contribution in [3.05, 3.63) is 30.1 Å². The lowest BCUT2D eigenvalue weighted by Gasteiger charge is -2.06. The van der Waals surface area contributed by atoms with Crippen molar-refractivity contribution in [3.8, 4) is 5.88 Å². The third-order valence-electron chi connectivity index (χ3n) is 2.58. The minimum Gasteiger partial charge on any atom is -0.481 e. The molecule has 2 rings (SSSR count). The lowest BCUT2D eigenvalue weighted by Crippen LogP contribution is -2.23. The Kier molecular flexibility index (Phi) is 3.91. The van der Waals surface area contributed by atoms with Gasteiger partial charge in [0.1, 0.15) is 4.90 Å². The Morgan fingerprint density at radius 3 is 2.70 bits per heavy atom. The Morgan fingerprint density at radius 2 is 2.20 bits per heavy atom. The molecule has 3 N–H and O–H groups in total. The molecule has 0 amide bonds. The molecular formula is C11H15N5O3S. The highest BCUT2D eigenvalue weighted by molar-refractivity contribution is 7.89. The van der Waals surface area contributed by atoms with Crippen LogP contribution in [-0.4, -0.2) is 30.3 Å². The summed E-state index contributed by atoms with van der Waals surface area (Å²) in [6.07, 6.45) is 2.89. The van der Waals surface area contributed by atoms with Crippen molar-refractivity contribution in [2.75, 3.05) is 12.8 Å². The van der Waals surface area contributed by atoms with E-state index in [1.807, 2.05) is 0 Å². The predicted octanol–water partition coefficient (Wildman–Crippen LogP) is -0.116. The Balaban J connectivity index is 2.11. The summed E-state index contributed by atoms with van der Waals surface area (Å²) in [6.45, 7) is 0.105. The van der Waals surface area contributed by atoms with E-state index in [4.69, 9.17) is 10.5 Å². The molecule has 0 spiro atoms. The number of nitrogens with two attached hydrogens (primary N) is 1. The van der Waals surface area contributed by atoms with Crippen molar-refractivity contribution in [2.45, 2.75) is 11.4 Å². The number of sulfonamides is 1. The molecule has 2 heterocycles. The average Bonchev–Trinajstić information content (AvgIpc) is 2.77. The fourth-order valence-corrected chi connectivity index (χ4v) is 2.70. The van der Waals surface area contributed by atoms with Crippen molar-refractivity contribution in [3.63, 3.8) is 0 Å². The van der Waals surface area contributed by atoms with Gasteiger partial charge in [0.25, 0.3) is 0 Å². The zero-order chi connectivity index (χ0) is 14.8. The molecule has 0 aliphatic heterocycles. The first kappa shape index (κ1) is 14.3. The van der Waals surface area contributed by atoms with Crippen LogP contribution >= 0.6 is 0 Å². The van der Waals surface area contributed by atoms with Gasteiger partial charge in [-0.15, -0.1) is 0 Å². The molecule has 0 saturated heterocycles. The number of methoxy groups -OCH3 is 1. The minimum atomic E-state index is -3.70. The molecular weight excluding hydrogens is 282 g/mol. The van der Waals surface area contributed by atoms with E-state index in [9.17, 15) is 8.42 Å². The van der Waals surface area contributed by atoms with Gasteiger partial charge in [0, 0.05) is 32.1 Å². The van der Waals surface area contributed by atoms with Gasteiger partial charge >= 0.3 is 0 Å². The molecule has 0 unspecified atom stereocenters. The number of nitrogens with one attached hydrogen (secondary N) is 1. The molecule has 0 saturated carbocycles. The fourth-order valence-electron chi connectivity index (χ4n) is 1.58. The maximum Gasteiger partial charge on any atom is 0.246 e. The fraction of sp³-hybridized carbons (Fsp3) is 0.273. The molecule has 9 heteroatoms. The summed E-state index contributed by atoms with van der Waals surface area (Å²) in [7, 11) is -0.592. The highest BCUT2D eigenvalue weighted by Crippen LogP contribution is 2.15. The summed E-state index contributed by atoms with van der Waals surface area (Å²) in [5.74, 6) is 0.431. The van der Waals surface area contributed by atoms with Crippen LogP contribution in [0.1, 0.15) is 5.56 Å². The van der Waals surface area contributed by atoms with Crippen molar-refractivity contribution >= 4 is 15.8 Å².